The van der Waals surface area contributed by atoms with Crippen molar-refractivity contribution in [1.82, 2.24) is 9.66 Å². The van der Waals surface area contributed by atoms with Gasteiger partial charge in [-0.05, 0) is 41.9 Å². The summed E-state index contributed by atoms with van der Waals surface area (Å²) in [7, 11) is 0. The summed E-state index contributed by atoms with van der Waals surface area (Å²) in [6.07, 6.45) is 2.63. The van der Waals surface area contributed by atoms with E-state index < -0.39 is 0 Å². The van der Waals surface area contributed by atoms with Gasteiger partial charge in [0.05, 0.1) is 17.1 Å². The van der Waals surface area contributed by atoms with Gasteiger partial charge in [-0.25, -0.2) is 0 Å². The van der Waals surface area contributed by atoms with E-state index in [9.17, 15) is 4.79 Å². The molecule has 2 aromatic carbocycles. The van der Waals surface area contributed by atoms with Crippen molar-refractivity contribution in [3.63, 3.8) is 0 Å². The van der Waals surface area contributed by atoms with E-state index in [2.05, 4.69) is 17.0 Å². The highest BCUT2D eigenvalue weighted by Crippen LogP contribution is 2.06. The van der Waals surface area contributed by atoms with Crippen LogP contribution in [0.3, 0.4) is 0 Å². The average Bonchev–Trinajstić information content (AvgIpc) is 2.55. The molecule has 3 rings (SSSR count). The van der Waals surface area contributed by atoms with Gasteiger partial charge < -0.3 is 4.98 Å². The van der Waals surface area contributed by atoms with Gasteiger partial charge in [-0.15, -0.1) is 0 Å². The van der Waals surface area contributed by atoms with Crippen LogP contribution in [0.2, 0.25) is 0 Å². The molecular weight excluding hydrogens is 294 g/mol. The van der Waals surface area contributed by atoms with Crippen molar-refractivity contribution in [3.05, 3.63) is 74.8 Å². The second-order valence-corrected chi connectivity index (χ2v) is 5.32. The first-order chi connectivity index (χ1) is 10.7. The molecule has 0 saturated heterocycles. The zero-order chi connectivity index (χ0) is 15.5. The van der Waals surface area contributed by atoms with Crippen molar-refractivity contribution in [2.45, 2.75) is 13.3 Å². The van der Waals surface area contributed by atoms with Gasteiger partial charge in [-0.2, -0.15) is 9.78 Å². The smallest absolute Gasteiger partial charge is 0.282 e. The van der Waals surface area contributed by atoms with Gasteiger partial charge in [0.15, 0.2) is 0 Å². The zero-order valence-corrected chi connectivity index (χ0v) is 12.9. The summed E-state index contributed by atoms with van der Waals surface area (Å²) in [5.74, 6) is 0. The third-order valence-corrected chi connectivity index (χ3v) is 3.77. The minimum absolute atomic E-state index is 0.222. The molecule has 0 radical (unpaired) electrons. The maximum absolute atomic E-state index is 12.4. The molecule has 1 N–H and O–H groups in total. The van der Waals surface area contributed by atoms with Crippen molar-refractivity contribution in [2.24, 2.45) is 5.10 Å². The van der Waals surface area contributed by atoms with Crippen LogP contribution in [0.15, 0.2) is 58.4 Å². The minimum Gasteiger partial charge on any atom is -0.330 e. The van der Waals surface area contributed by atoms with Crippen LogP contribution in [0, 0.1) is 4.77 Å². The molecule has 0 bridgehead atoms. The molecule has 5 heteroatoms. The van der Waals surface area contributed by atoms with Crippen molar-refractivity contribution in [2.75, 3.05) is 0 Å². The normalized spacial score (nSPS) is 11.3. The van der Waals surface area contributed by atoms with Crippen LogP contribution in [0.4, 0.5) is 0 Å². The fourth-order valence-corrected chi connectivity index (χ4v) is 2.46. The minimum atomic E-state index is -0.222. The average molecular weight is 309 g/mol. The predicted octanol–water partition coefficient (Wildman–Crippen LogP) is 3.50. The largest absolute Gasteiger partial charge is 0.330 e. The van der Waals surface area contributed by atoms with Crippen LogP contribution in [0.5, 0.6) is 0 Å². The highest BCUT2D eigenvalue weighted by atomic mass is 32.1. The maximum atomic E-state index is 12.4. The molecule has 4 nitrogen and oxygen atoms in total. The van der Waals surface area contributed by atoms with Gasteiger partial charge >= 0.3 is 0 Å². The molecule has 0 atom stereocenters. The third kappa shape index (κ3) is 2.76. The Balaban J connectivity index is 2.04. The molecule has 0 amide bonds. The van der Waals surface area contributed by atoms with Gasteiger partial charge in [-0.1, -0.05) is 43.3 Å². The van der Waals surface area contributed by atoms with E-state index in [1.807, 2.05) is 42.5 Å². The second kappa shape index (κ2) is 6.07. The van der Waals surface area contributed by atoms with Crippen molar-refractivity contribution in [1.29, 1.82) is 0 Å². The zero-order valence-electron chi connectivity index (χ0n) is 12.1. The Labute approximate surface area is 132 Å². The quantitative estimate of drug-likeness (QED) is 0.594. The number of aryl methyl sites for hydroxylation is 1. The van der Waals surface area contributed by atoms with Crippen LogP contribution < -0.4 is 5.56 Å². The van der Waals surface area contributed by atoms with Crippen LogP contribution in [0.1, 0.15) is 18.1 Å². The number of aromatic amines is 1. The van der Waals surface area contributed by atoms with E-state index in [4.69, 9.17) is 12.2 Å². The Bertz CT molecular complexity index is 952. The van der Waals surface area contributed by atoms with Crippen LogP contribution in [-0.4, -0.2) is 15.9 Å². The highest BCUT2D eigenvalue weighted by molar-refractivity contribution is 7.71. The van der Waals surface area contributed by atoms with E-state index in [1.165, 1.54) is 10.2 Å². The summed E-state index contributed by atoms with van der Waals surface area (Å²) in [6.45, 7) is 2.11. The fraction of sp³-hybridized carbons (Fsp3) is 0.118. The summed E-state index contributed by atoms with van der Waals surface area (Å²) < 4.78 is 1.50. The van der Waals surface area contributed by atoms with Gasteiger partial charge in [0.1, 0.15) is 0 Å². The predicted molar refractivity (Wildman–Crippen MR) is 92.2 cm³/mol. The topological polar surface area (TPSA) is 50.1 Å². The van der Waals surface area contributed by atoms with Gasteiger partial charge in [-0.3, -0.25) is 4.79 Å². The van der Waals surface area contributed by atoms with E-state index in [0.29, 0.717) is 5.39 Å². The molecule has 1 heterocycles. The number of rotatable bonds is 3. The van der Waals surface area contributed by atoms with E-state index in [-0.39, 0.29) is 10.3 Å². The first-order valence-corrected chi connectivity index (χ1v) is 7.47. The highest BCUT2D eigenvalue weighted by Gasteiger charge is 2.03. The first-order valence-electron chi connectivity index (χ1n) is 7.06. The Morgan fingerprint density at radius 3 is 2.64 bits per heavy atom. The van der Waals surface area contributed by atoms with Gasteiger partial charge in [0, 0.05) is 0 Å². The Kier molecular flexibility index (Phi) is 3.98. The molecule has 22 heavy (non-hydrogen) atoms. The lowest BCUT2D eigenvalue weighted by Crippen LogP contribution is -2.18. The SMILES string of the molecule is CCc1ccc(/C=N\n2c(=S)[nH]c3ccccc3c2=O)cc1. The number of hydrogen-bond acceptors (Lipinski definition) is 3. The lowest BCUT2D eigenvalue weighted by atomic mass is 10.1. The molecule has 0 aliphatic rings. The van der Waals surface area contributed by atoms with E-state index >= 15 is 0 Å². The number of hydrogen-bond donors (Lipinski definition) is 1. The fourth-order valence-electron chi connectivity index (χ4n) is 2.22. The first kappa shape index (κ1) is 14.4. The molecule has 3 aromatic rings. The standard InChI is InChI=1S/C17H15N3OS/c1-2-12-7-9-13(10-8-12)11-18-20-16(21)14-5-3-4-6-15(14)19-17(20)22/h3-11H,2H2,1H3,(H,19,22)/b18-11-. The second-order valence-electron chi connectivity index (χ2n) is 4.93. The lowest BCUT2D eigenvalue weighted by Gasteiger charge is -2.02. The summed E-state index contributed by atoms with van der Waals surface area (Å²) in [5, 5.41) is 4.79. The Morgan fingerprint density at radius 2 is 1.91 bits per heavy atom. The molecule has 0 aliphatic carbocycles. The summed E-state index contributed by atoms with van der Waals surface area (Å²) in [5.41, 5.74) is 2.68. The molecule has 0 aliphatic heterocycles. The van der Waals surface area contributed by atoms with Crippen LogP contribution in [-0.2, 0) is 6.42 Å². The maximum Gasteiger partial charge on any atom is 0.282 e. The number of aromatic nitrogens is 2. The number of H-pyrrole nitrogens is 1. The van der Waals surface area contributed by atoms with E-state index in [0.717, 1.165) is 17.5 Å². The van der Waals surface area contributed by atoms with Crippen molar-refractivity contribution < 1.29 is 0 Å². The lowest BCUT2D eigenvalue weighted by molar-refractivity contribution is 0.800. The number of nitrogens with zero attached hydrogens (tertiary/aromatic N) is 2. The summed E-state index contributed by atoms with van der Waals surface area (Å²) in [4.78, 5) is 15.5. The number of fused-ring (bicyclic) bond motifs is 1. The number of nitrogens with one attached hydrogen (secondary N) is 1. The molecule has 0 unspecified atom stereocenters. The van der Waals surface area contributed by atoms with Crippen molar-refractivity contribution >= 4 is 29.3 Å². The molecule has 110 valence electrons. The summed E-state index contributed by atoms with van der Waals surface area (Å²) in [6, 6.07) is 15.3. The molecular formula is C17H15N3OS. The Morgan fingerprint density at radius 1 is 1.18 bits per heavy atom. The third-order valence-electron chi connectivity index (χ3n) is 3.49. The molecule has 0 fully saturated rings. The molecule has 1 aromatic heterocycles. The number of para-hydroxylation sites is 1. The van der Waals surface area contributed by atoms with Crippen LogP contribution >= 0.6 is 12.2 Å². The van der Waals surface area contributed by atoms with Gasteiger partial charge in [0.25, 0.3) is 5.56 Å². The monoisotopic (exact) mass is 309 g/mol. The number of benzene rings is 2. The van der Waals surface area contributed by atoms with Gasteiger partial charge in [0.2, 0.25) is 4.77 Å². The molecule has 0 spiro atoms. The van der Waals surface area contributed by atoms with E-state index in [1.54, 1.807) is 12.3 Å². The Hall–Kier alpha value is -2.53. The van der Waals surface area contributed by atoms with Crippen molar-refractivity contribution in [3.8, 4) is 0 Å². The summed E-state index contributed by atoms with van der Waals surface area (Å²) >= 11 is 5.22. The van der Waals surface area contributed by atoms with Crippen LogP contribution in [0.25, 0.3) is 10.9 Å². The molecule has 0 saturated carbocycles.